The van der Waals surface area contributed by atoms with E-state index in [0.29, 0.717) is 5.75 Å². The minimum absolute atomic E-state index is 0.661. The summed E-state index contributed by atoms with van der Waals surface area (Å²) in [6.07, 6.45) is 0.824. The van der Waals surface area contributed by atoms with Crippen LogP contribution in [0, 0.1) is 0 Å². The zero-order valence-electron chi connectivity index (χ0n) is 6.96. The lowest BCUT2D eigenvalue weighted by Gasteiger charge is -2.05. The average molecular weight is 234 g/mol. The van der Waals surface area contributed by atoms with Crippen LogP contribution in [-0.4, -0.2) is 15.5 Å². The minimum Gasteiger partial charge on any atom is -0.338 e. The summed E-state index contributed by atoms with van der Waals surface area (Å²) in [5.74, 6) is 0.661. The van der Waals surface area contributed by atoms with Gasteiger partial charge in [-0.1, -0.05) is 41.7 Å². The van der Waals surface area contributed by atoms with Gasteiger partial charge in [-0.2, -0.15) is 0 Å². The van der Waals surface area contributed by atoms with Gasteiger partial charge >= 0.3 is 0 Å². The molecule has 0 aliphatic carbocycles. The first kappa shape index (κ1) is 11.2. The molecular formula is C8H11O2PS2. The molecule has 0 saturated heterocycles. The van der Waals surface area contributed by atoms with Gasteiger partial charge in [-0.25, -0.2) is 0 Å². The molecule has 72 valence electrons. The number of rotatable bonds is 4. The largest absolute Gasteiger partial charge is 0.338 e. The zero-order chi connectivity index (χ0) is 9.73. The Morgan fingerprint density at radius 2 is 1.85 bits per heavy atom. The molecule has 1 aromatic carbocycles. The Kier molecular flexibility index (Phi) is 4.42. The normalized spacial score (nSPS) is 11.5. The second-order valence-electron chi connectivity index (χ2n) is 2.56. The lowest BCUT2D eigenvalue weighted by molar-refractivity contribution is 0.502. The number of aryl methyl sites for hydroxylation is 1. The topological polar surface area (TPSA) is 40.5 Å². The van der Waals surface area contributed by atoms with Crippen molar-refractivity contribution < 1.29 is 9.79 Å². The predicted octanol–water partition coefficient (Wildman–Crippen LogP) is 2.17. The van der Waals surface area contributed by atoms with Gasteiger partial charge in [-0.3, -0.25) is 0 Å². The van der Waals surface area contributed by atoms with Gasteiger partial charge in [0.05, 0.1) is 0 Å². The number of hydrogen-bond donors (Lipinski definition) is 2. The van der Waals surface area contributed by atoms with E-state index in [9.17, 15) is 0 Å². The van der Waals surface area contributed by atoms with Gasteiger partial charge in [0, 0.05) is 5.75 Å². The Hall–Kier alpha value is 0.140. The van der Waals surface area contributed by atoms with Crippen LogP contribution in [0.4, 0.5) is 0 Å². The Balaban J connectivity index is 2.33. The first-order valence-corrected chi connectivity index (χ1v) is 8.12. The van der Waals surface area contributed by atoms with Gasteiger partial charge in [0.2, 0.25) is 5.69 Å². The summed E-state index contributed by atoms with van der Waals surface area (Å²) in [5, 5.41) is 0. The van der Waals surface area contributed by atoms with Crippen molar-refractivity contribution in [2.45, 2.75) is 6.42 Å². The summed E-state index contributed by atoms with van der Waals surface area (Å²) in [6.45, 7) is 0. The number of hydrogen-bond acceptors (Lipinski definition) is 2. The molecule has 2 nitrogen and oxygen atoms in total. The maximum absolute atomic E-state index is 8.94. The van der Waals surface area contributed by atoms with Crippen LogP contribution < -0.4 is 0 Å². The van der Waals surface area contributed by atoms with Crippen molar-refractivity contribution in [3.05, 3.63) is 35.9 Å². The first-order valence-electron chi connectivity index (χ1n) is 3.82. The molecule has 1 aromatic rings. The molecule has 0 heterocycles. The van der Waals surface area contributed by atoms with Crippen LogP contribution in [0.5, 0.6) is 0 Å². The van der Waals surface area contributed by atoms with Gasteiger partial charge in [0.1, 0.15) is 0 Å². The molecule has 0 bridgehead atoms. The van der Waals surface area contributed by atoms with Crippen LogP contribution in [-0.2, 0) is 18.2 Å². The molecule has 0 unspecified atom stereocenters. The van der Waals surface area contributed by atoms with Crippen molar-refractivity contribution in [3.8, 4) is 0 Å². The van der Waals surface area contributed by atoms with Crippen LogP contribution in [0.25, 0.3) is 0 Å². The Morgan fingerprint density at radius 1 is 1.23 bits per heavy atom. The Bertz CT molecular complexity index is 296. The average Bonchev–Trinajstić information content (AvgIpc) is 2.04. The van der Waals surface area contributed by atoms with Crippen LogP contribution in [0.2, 0.25) is 0 Å². The fourth-order valence-electron chi connectivity index (χ4n) is 0.927. The maximum atomic E-state index is 8.94. The SMILES string of the molecule is OP(O)(=S)SCCc1ccccc1. The van der Waals surface area contributed by atoms with Gasteiger partial charge < -0.3 is 9.79 Å². The zero-order valence-corrected chi connectivity index (χ0v) is 9.49. The fourth-order valence-corrected chi connectivity index (χ4v) is 3.15. The maximum Gasteiger partial charge on any atom is 0.242 e. The van der Waals surface area contributed by atoms with Gasteiger partial charge in [-0.15, -0.1) is 0 Å². The highest BCUT2D eigenvalue weighted by Crippen LogP contribution is 2.50. The molecule has 0 radical (unpaired) electrons. The van der Waals surface area contributed by atoms with E-state index in [2.05, 4.69) is 11.8 Å². The van der Waals surface area contributed by atoms with E-state index >= 15 is 0 Å². The summed E-state index contributed by atoms with van der Waals surface area (Å²) in [4.78, 5) is 17.9. The standard InChI is InChI=1S/C8H11O2PS2/c9-11(10,12)13-7-6-8-4-2-1-3-5-8/h1-5H,6-7H2,(H2,9,10,12). The third-order valence-electron chi connectivity index (χ3n) is 1.49. The molecular weight excluding hydrogens is 223 g/mol. The van der Waals surface area contributed by atoms with Crippen LogP contribution >= 0.6 is 17.1 Å². The molecule has 0 atom stereocenters. The van der Waals surface area contributed by atoms with Crippen LogP contribution in [0.15, 0.2) is 30.3 Å². The smallest absolute Gasteiger partial charge is 0.242 e. The second kappa shape index (κ2) is 5.13. The molecule has 0 aliphatic rings. The second-order valence-corrected chi connectivity index (χ2v) is 8.73. The van der Waals surface area contributed by atoms with Crippen LogP contribution in [0.1, 0.15) is 5.56 Å². The summed E-state index contributed by atoms with van der Waals surface area (Å²) in [6, 6.07) is 9.92. The highest BCUT2D eigenvalue weighted by Gasteiger charge is 2.06. The third-order valence-corrected chi connectivity index (χ3v) is 4.72. The van der Waals surface area contributed by atoms with Gasteiger partial charge in [-0.05, 0) is 23.8 Å². The van der Waals surface area contributed by atoms with Crippen LogP contribution in [0.3, 0.4) is 0 Å². The van der Waals surface area contributed by atoms with E-state index in [1.165, 1.54) is 5.56 Å². The Morgan fingerprint density at radius 3 is 2.38 bits per heavy atom. The highest BCUT2D eigenvalue weighted by molar-refractivity contribution is 8.67. The first-order chi connectivity index (χ1) is 6.08. The molecule has 0 aromatic heterocycles. The monoisotopic (exact) mass is 234 g/mol. The van der Waals surface area contributed by atoms with Gasteiger partial charge in [0.25, 0.3) is 0 Å². The molecule has 0 aliphatic heterocycles. The van der Waals surface area contributed by atoms with Gasteiger partial charge in [0.15, 0.2) is 0 Å². The van der Waals surface area contributed by atoms with Crippen molar-refractivity contribution in [1.82, 2.24) is 0 Å². The van der Waals surface area contributed by atoms with Crippen molar-refractivity contribution >= 4 is 28.9 Å². The fraction of sp³-hybridized carbons (Fsp3) is 0.250. The lowest BCUT2D eigenvalue weighted by atomic mass is 10.2. The minimum atomic E-state index is -3.05. The predicted molar refractivity (Wildman–Crippen MR) is 61.3 cm³/mol. The van der Waals surface area contributed by atoms with E-state index in [1.807, 2.05) is 30.3 Å². The molecule has 5 heteroatoms. The highest BCUT2D eigenvalue weighted by atomic mass is 32.9. The summed E-state index contributed by atoms with van der Waals surface area (Å²) in [7, 11) is 0. The van der Waals surface area contributed by atoms with Crippen molar-refractivity contribution in [2.24, 2.45) is 0 Å². The van der Waals surface area contributed by atoms with E-state index < -0.39 is 5.69 Å². The summed E-state index contributed by atoms with van der Waals surface area (Å²) in [5.41, 5.74) is -1.86. The quantitative estimate of drug-likeness (QED) is 0.783. The molecule has 0 spiro atoms. The summed E-state index contributed by atoms with van der Waals surface area (Å²) >= 11 is 5.55. The number of benzene rings is 1. The molecule has 0 fully saturated rings. The molecule has 0 saturated carbocycles. The van der Waals surface area contributed by atoms with Crippen molar-refractivity contribution in [2.75, 3.05) is 5.75 Å². The van der Waals surface area contributed by atoms with Crippen molar-refractivity contribution in [3.63, 3.8) is 0 Å². The molecule has 1 rings (SSSR count). The Labute approximate surface area is 86.9 Å². The third kappa shape index (κ3) is 5.45. The van der Waals surface area contributed by atoms with Crippen molar-refractivity contribution in [1.29, 1.82) is 0 Å². The molecule has 13 heavy (non-hydrogen) atoms. The molecule has 0 amide bonds. The van der Waals surface area contributed by atoms with E-state index in [-0.39, 0.29) is 0 Å². The lowest BCUT2D eigenvalue weighted by Crippen LogP contribution is -1.87. The molecule has 2 N–H and O–H groups in total. The summed E-state index contributed by atoms with van der Waals surface area (Å²) < 4.78 is 0. The van der Waals surface area contributed by atoms with E-state index in [4.69, 9.17) is 9.79 Å². The van der Waals surface area contributed by atoms with E-state index in [1.54, 1.807) is 0 Å². The van der Waals surface area contributed by atoms with E-state index in [0.717, 1.165) is 17.8 Å².